The van der Waals surface area contributed by atoms with E-state index in [1.807, 2.05) is 7.05 Å². The molecular formula is C8H15NOS. The fourth-order valence-electron chi connectivity index (χ4n) is 1.38. The van der Waals surface area contributed by atoms with Gasteiger partial charge in [0.2, 0.25) is 5.91 Å². The molecule has 1 amide bonds. The highest BCUT2D eigenvalue weighted by atomic mass is 32.1. The molecule has 1 aliphatic rings. The van der Waals surface area contributed by atoms with E-state index in [9.17, 15) is 4.79 Å². The molecule has 2 nitrogen and oxygen atoms in total. The summed E-state index contributed by atoms with van der Waals surface area (Å²) >= 11 is 4.34. The van der Waals surface area contributed by atoms with E-state index < -0.39 is 0 Å². The van der Waals surface area contributed by atoms with Crippen molar-refractivity contribution in [2.45, 2.75) is 25.0 Å². The maximum Gasteiger partial charge on any atom is 0.222 e. The van der Waals surface area contributed by atoms with Gasteiger partial charge in [0.15, 0.2) is 0 Å². The Morgan fingerprint density at radius 2 is 2.36 bits per heavy atom. The quantitative estimate of drug-likeness (QED) is 0.590. The molecule has 1 heterocycles. The number of hydrogen-bond acceptors (Lipinski definition) is 2. The van der Waals surface area contributed by atoms with Crippen LogP contribution in [0.5, 0.6) is 0 Å². The summed E-state index contributed by atoms with van der Waals surface area (Å²) in [5.74, 6) is 0.754. The number of carbonyl (C=O) groups excluding carboxylic acids is 1. The normalized spacial score (nSPS) is 28.8. The van der Waals surface area contributed by atoms with Gasteiger partial charge in [-0.15, -0.1) is 0 Å². The highest BCUT2D eigenvalue weighted by Crippen LogP contribution is 2.23. The minimum absolute atomic E-state index is 0.266. The summed E-state index contributed by atoms with van der Waals surface area (Å²) in [6.45, 7) is 2.96. The van der Waals surface area contributed by atoms with E-state index in [1.54, 1.807) is 4.90 Å². The number of likely N-dealkylation sites (tertiary alicyclic amines) is 1. The molecule has 0 bridgehead atoms. The third kappa shape index (κ3) is 2.12. The lowest BCUT2D eigenvalue weighted by Gasteiger charge is -2.30. The van der Waals surface area contributed by atoms with Gasteiger partial charge in [0, 0.05) is 25.3 Å². The van der Waals surface area contributed by atoms with Crippen LogP contribution in [0.25, 0.3) is 0 Å². The van der Waals surface area contributed by atoms with E-state index in [2.05, 4.69) is 19.6 Å². The SMILES string of the molecule is C[C@@H](S)[C@H]1CCN(C)C(=O)C1. The van der Waals surface area contributed by atoms with Crippen LogP contribution in [0.15, 0.2) is 0 Å². The van der Waals surface area contributed by atoms with E-state index >= 15 is 0 Å². The molecule has 1 fully saturated rings. The Morgan fingerprint density at radius 1 is 1.73 bits per heavy atom. The van der Waals surface area contributed by atoms with Gasteiger partial charge in [-0.3, -0.25) is 4.79 Å². The van der Waals surface area contributed by atoms with Gasteiger partial charge in [-0.2, -0.15) is 12.6 Å². The number of carbonyl (C=O) groups is 1. The monoisotopic (exact) mass is 173 g/mol. The maximum atomic E-state index is 11.2. The van der Waals surface area contributed by atoms with Gasteiger partial charge in [-0.25, -0.2) is 0 Å². The molecule has 0 aromatic rings. The molecule has 0 N–H and O–H groups in total. The van der Waals surface area contributed by atoms with Gasteiger partial charge in [-0.1, -0.05) is 6.92 Å². The third-order valence-corrected chi connectivity index (χ3v) is 2.80. The standard InChI is InChI=1S/C8H15NOS/c1-6(11)7-3-4-9(2)8(10)5-7/h6-7,11H,3-5H2,1-2H3/t6-,7+/m1/s1. The average Bonchev–Trinajstić information content (AvgIpc) is 1.94. The molecule has 0 unspecified atom stereocenters. The Labute approximate surface area is 73.4 Å². The van der Waals surface area contributed by atoms with E-state index in [0.29, 0.717) is 17.6 Å². The lowest BCUT2D eigenvalue weighted by molar-refractivity contribution is -0.133. The molecule has 1 rings (SSSR count). The summed E-state index contributed by atoms with van der Waals surface area (Å²) in [4.78, 5) is 13.0. The molecule has 11 heavy (non-hydrogen) atoms. The van der Waals surface area contributed by atoms with Crippen molar-refractivity contribution < 1.29 is 4.79 Å². The van der Waals surface area contributed by atoms with E-state index in [4.69, 9.17) is 0 Å². The first kappa shape index (κ1) is 8.91. The minimum Gasteiger partial charge on any atom is -0.346 e. The third-order valence-electron chi connectivity index (χ3n) is 2.38. The van der Waals surface area contributed by atoms with Crippen LogP contribution in [0.1, 0.15) is 19.8 Å². The molecule has 1 saturated heterocycles. The Morgan fingerprint density at radius 3 is 2.82 bits per heavy atom. The number of rotatable bonds is 1. The zero-order valence-electron chi connectivity index (χ0n) is 7.08. The predicted octanol–water partition coefficient (Wildman–Crippen LogP) is 1.17. The van der Waals surface area contributed by atoms with Gasteiger partial charge >= 0.3 is 0 Å². The van der Waals surface area contributed by atoms with E-state index in [1.165, 1.54) is 0 Å². The minimum atomic E-state index is 0.266. The van der Waals surface area contributed by atoms with Crippen LogP contribution in [-0.4, -0.2) is 29.6 Å². The van der Waals surface area contributed by atoms with Gasteiger partial charge in [-0.05, 0) is 12.3 Å². The zero-order chi connectivity index (χ0) is 8.43. The maximum absolute atomic E-state index is 11.2. The number of hydrogen-bond donors (Lipinski definition) is 1. The summed E-state index contributed by atoms with van der Waals surface area (Å²) in [6.07, 6.45) is 1.79. The smallest absolute Gasteiger partial charge is 0.222 e. The number of amides is 1. The largest absolute Gasteiger partial charge is 0.346 e. The average molecular weight is 173 g/mol. The highest BCUT2D eigenvalue weighted by Gasteiger charge is 2.25. The lowest BCUT2D eigenvalue weighted by Crippen LogP contribution is -2.37. The van der Waals surface area contributed by atoms with E-state index in [-0.39, 0.29) is 5.91 Å². The second-order valence-corrected chi connectivity index (χ2v) is 4.12. The molecule has 0 radical (unpaired) electrons. The fourth-order valence-corrected chi connectivity index (χ4v) is 1.63. The molecule has 64 valence electrons. The van der Waals surface area contributed by atoms with Crippen molar-refractivity contribution in [2.75, 3.05) is 13.6 Å². The van der Waals surface area contributed by atoms with E-state index in [0.717, 1.165) is 13.0 Å². The molecule has 1 aliphatic heterocycles. The zero-order valence-corrected chi connectivity index (χ0v) is 7.97. The van der Waals surface area contributed by atoms with Crippen LogP contribution in [0.2, 0.25) is 0 Å². The van der Waals surface area contributed by atoms with Crippen molar-refractivity contribution in [1.29, 1.82) is 0 Å². The first-order chi connectivity index (χ1) is 5.11. The Bertz CT molecular complexity index is 158. The predicted molar refractivity (Wildman–Crippen MR) is 48.8 cm³/mol. The van der Waals surface area contributed by atoms with Crippen molar-refractivity contribution in [2.24, 2.45) is 5.92 Å². The fraction of sp³-hybridized carbons (Fsp3) is 0.875. The molecule has 3 heteroatoms. The number of nitrogens with zero attached hydrogens (tertiary/aromatic N) is 1. The van der Waals surface area contributed by atoms with Crippen LogP contribution in [0, 0.1) is 5.92 Å². The van der Waals surface area contributed by atoms with Crippen LogP contribution in [-0.2, 0) is 4.79 Å². The first-order valence-corrected chi connectivity index (χ1v) is 4.55. The van der Waals surface area contributed by atoms with Crippen molar-refractivity contribution in [3.8, 4) is 0 Å². The summed E-state index contributed by atoms with van der Waals surface area (Å²) < 4.78 is 0. The molecule has 0 aromatic carbocycles. The summed E-state index contributed by atoms with van der Waals surface area (Å²) in [7, 11) is 1.86. The van der Waals surface area contributed by atoms with Crippen LogP contribution < -0.4 is 0 Å². The first-order valence-electron chi connectivity index (χ1n) is 4.03. The Hall–Kier alpha value is -0.180. The second-order valence-electron chi connectivity index (χ2n) is 3.31. The number of piperidine rings is 1. The van der Waals surface area contributed by atoms with Gasteiger partial charge in [0.25, 0.3) is 0 Å². The van der Waals surface area contributed by atoms with Crippen LogP contribution in [0.3, 0.4) is 0 Å². The van der Waals surface area contributed by atoms with Crippen LogP contribution in [0.4, 0.5) is 0 Å². The summed E-state index contributed by atoms with van der Waals surface area (Å²) in [5.41, 5.74) is 0. The highest BCUT2D eigenvalue weighted by molar-refractivity contribution is 7.80. The van der Waals surface area contributed by atoms with Crippen molar-refractivity contribution in [3.63, 3.8) is 0 Å². The molecule has 0 spiro atoms. The molecule has 2 atom stereocenters. The van der Waals surface area contributed by atoms with Crippen molar-refractivity contribution >= 4 is 18.5 Å². The summed E-state index contributed by atoms with van der Waals surface area (Å²) in [5, 5.41) is 0.354. The summed E-state index contributed by atoms with van der Waals surface area (Å²) in [6, 6.07) is 0. The van der Waals surface area contributed by atoms with Crippen molar-refractivity contribution in [1.82, 2.24) is 4.90 Å². The Kier molecular flexibility index (Phi) is 2.82. The van der Waals surface area contributed by atoms with Crippen LogP contribution >= 0.6 is 12.6 Å². The molecule has 0 aromatic heterocycles. The lowest BCUT2D eigenvalue weighted by atomic mass is 9.94. The molecule has 0 aliphatic carbocycles. The number of thiol groups is 1. The van der Waals surface area contributed by atoms with Gasteiger partial charge in [0.1, 0.15) is 0 Å². The molecular weight excluding hydrogens is 158 g/mol. The van der Waals surface area contributed by atoms with Gasteiger partial charge in [0.05, 0.1) is 0 Å². The van der Waals surface area contributed by atoms with Crippen molar-refractivity contribution in [3.05, 3.63) is 0 Å². The topological polar surface area (TPSA) is 20.3 Å². The molecule has 0 saturated carbocycles. The Balaban J connectivity index is 2.46. The second kappa shape index (κ2) is 3.48. The van der Waals surface area contributed by atoms with Gasteiger partial charge < -0.3 is 4.90 Å².